The summed E-state index contributed by atoms with van der Waals surface area (Å²) in [4.78, 5) is 17.4. The molecule has 1 saturated carbocycles. The maximum Gasteiger partial charge on any atom is 0.258 e. The number of hydrogen-bond donors (Lipinski definition) is 0. The van der Waals surface area contributed by atoms with Crippen LogP contribution < -0.4 is 15.1 Å². The van der Waals surface area contributed by atoms with Crippen LogP contribution in [0.5, 0.6) is 5.75 Å². The van der Waals surface area contributed by atoms with Gasteiger partial charge in [0.15, 0.2) is 0 Å². The number of hydrogen-bond acceptors (Lipinski definition) is 4. The number of aromatic nitrogens is 3. The zero-order valence-corrected chi connectivity index (χ0v) is 16.3. The Morgan fingerprint density at radius 3 is 2.86 bits per heavy atom. The highest BCUT2D eigenvalue weighted by Crippen LogP contribution is 2.41. The van der Waals surface area contributed by atoms with Crippen molar-refractivity contribution in [3.8, 4) is 11.4 Å². The lowest BCUT2D eigenvalue weighted by atomic mass is 10.1. The summed E-state index contributed by atoms with van der Waals surface area (Å²) < 4.78 is 10.2. The third-order valence-corrected chi connectivity index (χ3v) is 5.90. The van der Waals surface area contributed by atoms with E-state index >= 15 is 0 Å². The lowest BCUT2D eigenvalue weighted by Gasteiger charge is -2.09. The molecule has 0 saturated heterocycles. The highest BCUT2D eigenvalue weighted by atomic mass is 32.1. The smallest absolute Gasteiger partial charge is 0.258 e. The molecule has 4 heterocycles. The summed E-state index contributed by atoms with van der Waals surface area (Å²) in [6.07, 6.45) is 6.15. The fourth-order valence-corrected chi connectivity index (χ4v) is 4.10. The Morgan fingerprint density at radius 2 is 2.14 bits per heavy atom. The molecule has 4 aromatic heterocycles. The number of pyridine rings is 2. The van der Waals surface area contributed by atoms with Gasteiger partial charge in [0.05, 0.1) is 11.4 Å². The molecule has 2 radical (unpaired) electrons. The van der Waals surface area contributed by atoms with Crippen LogP contribution in [0.15, 0.2) is 52.9 Å². The largest absolute Gasteiger partial charge is 0.489 e. The quantitative estimate of drug-likeness (QED) is 0.495. The Labute approximate surface area is 167 Å². The molecule has 0 aliphatic heterocycles. The van der Waals surface area contributed by atoms with Gasteiger partial charge in [0.25, 0.3) is 5.56 Å². The van der Waals surface area contributed by atoms with Gasteiger partial charge in [-0.25, -0.2) is 4.98 Å². The standard InChI is InChI=1S/C21H18BN3O2S/c1-13-21(15-2-3-15)23-19-5-4-16(10-25(13)19)24-7-6-17(9-20(24)26)27-11-14-8-18(22)28-12-14/h4-10,12,15H,2-3,11H2,1H3. The van der Waals surface area contributed by atoms with E-state index in [1.54, 1.807) is 16.8 Å². The summed E-state index contributed by atoms with van der Waals surface area (Å²) >= 11 is 1.48. The number of nitrogens with zero attached hydrogens (tertiary/aromatic N) is 3. The lowest BCUT2D eigenvalue weighted by molar-refractivity contribution is 0.306. The Hall–Kier alpha value is -2.80. The Balaban J connectivity index is 1.42. The molecule has 0 unspecified atom stereocenters. The molecule has 4 aromatic rings. The van der Waals surface area contributed by atoms with E-state index in [0.29, 0.717) is 18.3 Å². The van der Waals surface area contributed by atoms with Gasteiger partial charge in [0, 0.05) is 30.1 Å². The number of aryl methyl sites for hydroxylation is 1. The first-order valence-electron chi connectivity index (χ1n) is 9.26. The van der Waals surface area contributed by atoms with Crippen LogP contribution >= 0.6 is 11.3 Å². The Bertz CT molecular complexity index is 1240. The van der Waals surface area contributed by atoms with Gasteiger partial charge < -0.3 is 9.14 Å². The minimum absolute atomic E-state index is 0.137. The topological polar surface area (TPSA) is 48.5 Å². The van der Waals surface area contributed by atoms with Gasteiger partial charge in [-0.2, -0.15) is 11.3 Å². The van der Waals surface area contributed by atoms with Crippen LogP contribution in [0.4, 0.5) is 0 Å². The molecular weight excluding hydrogens is 369 g/mol. The molecule has 1 aliphatic rings. The second-order valence-corrected chi connectivity index (χ2v) is 8.13. The predicted molar refractivity (Wildman–Crippen MR) is 112 cm³/mol. The first-order valence-corrected chi connectivity index (χ1v) is 10.1. The Kier molecular flexibility index (Phi) is 4.12. The molecule has 1 aliphatic carbocycles. The van der Waals surface area contributed by atoms with Crippen molar-refractivity contribution in [2.45, 2.75) is 32.3 Å². The third kappa shape index (κ3) is 3.16. The first-order chi connectivity index (χ1) is 13.6. The van der Waals surface area contributed by atoms with Crippen molar-refractivity contribution in [1.29, 1.82) is 0 Å². The summed E-state index contributed by atoms with van der Waals surface area (Å²) in [7, 11) is 5.73. The summed E-state index contributed by atoms with van der Waals surface area (Å²) in [6.45, 7) is 2.48. The molecule has 7 heteroatoms. The maximum atomic E-state index is 12.6. The van der Waals surface area contributed by atoms with Gasteiger partial charge in [-0.3, -0.25) is 9.36 Å². The predicted octanol–water partition coefficient (Wildman–Crippen LogP) is 3.11. The number of thiophene rings is 1. The molecule has 0 spiro atoms. The number of fused-ring (bicyclic) bond motifs is 1. The molecule has 1 fully saturated rings. The highest BCUT2D eigenvalue weighted by Gasteiger charge is 2.28. The number of imidazole rings is 1. The van der Waals surface area contributed by atoms with Crippen LogP contribution in [-0.2, 0) is 6.61 Å². The molecule has 28 heavy (non-hydrogen) atoms. The Morgan fingerprint density at radius 1 is 1.29 bits per heavy atom. The molecule has 0 N–H and O–H groups in total. The lowest BCUT2D eigenvalue weighted by Crippen LogP contribution is -2.17. The molecular formula is C21H18BN3O2S. The SMILES string of the molecule is [B]c1cc(COc2ccn(-c3ccc4nc(C5CC5)c(C)n4c3)c(=O)c2)cs1. The van der Waals surface area contributed by atoms with Gasteiger partial charge in [-0.05, 0) is 53.7 Å². The van der Waals surface area contributed by atoms with Gasteiger partial charge in [0.2, 0.25) is 0 Å². The van der Waals surface area contributed by atoms with Gasteiger partial charge in [0.1, 0.15) is 25.8 Å². The molecule has 5 nitrogen and oxygen atoms in total. The van der Waals surface area contributed by atoms with Crippen molar-refractivity contribution >= 4 is 29.6 Å². The van der Waals surface area contributed by atoms with Gasteiger partial charge >= 0.3 is 0 Å². The van der Waals surface area contributed by atoms with E-state index in [9.17, 15) is 4.79 Å². The van der Waals surface area contributed by atoms with E-state index in [2.05, 4.69) is 11.3 Å². The summed E-state index contributed by atoms with van der Waals surface area (Å²) in [5.41, 5.74) is 4.93. The third-order valence-electron chi connectivity index (χ3n) is 5.09. The molecule has 0 aromatic carbocycles. The highest BCUT2D eigenvalue weighted by molar-refractivity contribution is 7.18. The summed E-state index contributed by atoms with van der Waals surface area (Å²) in [5.74, 6) is 1.14. The van der Waals surface area contributed by atoms with E-state index < -0.39 is 0 Å². The van der Waals surface area contributed by atoms with Crippen LogP contribution in [0, 0.1) is 6.92 Å². The first kappa shape index (κ1) is 17.3. The van der Waals surface area contributed by atoms with E-state index in [-0.39, 0.29) is 5.56 Å². The monoisotopic (exact) mass is 387 g/mol. The van der Waals surface area contributed by atoms with Crippen LogP contribution in [0.25, 0.3) is 11.3 Å². The van der Waals surface area contributed by atoms with E-state index in [1.165, 1.54) is 35.9 Å². The minimum Gasteiger partial charge on any atom is -0.489 e. The molecule has 0 amide bonds. The summed E-state index contributed by atoms with van der Waals surface area (Å²) in [5, 5.41) is 1.95. The minimum atomic E-state index is -0.137. The maximum absolute atomic E-state index is 12.6. The average molecular weight is 387 g/mol. The fraction of sp³-hybridized carbons (Fsp3) is 0.238. The van der Waals surface area contributed by atoms with E-state index in [1.807, 2.05) is 29.8 Å². The van der Waals surface area contributed by atoms with Crippen LogP contribution in [-0.4, -0.2) is 21.8 Å². The zero-order chi connectivity index (χ0) is 19.3. The average Bonchev–Trinajstić information content (AvgIpc) is 3.37. The van der Waals surface area contributed by atoms with Crippen molar-refractivity contribution in [2.24, 2.45) is 0 Å². The van der Waals surface area contributed by atoms with Crippen molar-refractivity contribution in [3.05, 3.63) is 75.4 Å². The normalized spacial score (nSPS) is 13.9. The fourth-order valence-electron chi connectivity index (χ4n) is 3.46. The van der Waals surface area contributed by atoms with Gasteiger partial charge in [-0.1, -0.05) is 6.07 Å². The second kappa shape index (κ2) is 6.67. The second-order valence-electron chi connectivity index (χ2n) is 7.19. The van der Waals surface area contributed by atoms with Crippen molar-refractivity contribution < 1.29 is 4.74 Å². The van der Waals surface area contributed by atoms with E-state index in [4.69, 9.17) is 17.6 Å². The summed E-state index contributed by atoms with van der Waals surface area (Å²) in [6, 6.07) is 9.08. The number of ether oxygens (including phenoxy) is 1. The van der Waals surface area contributed by atoms with Gasteiger partial charge in [-0.15, -0.1) is 0 Å². The molecule has 5 rings (SSSR count). The zero-order valence-electron chi connectivity index (χ0n) is 15.5. The molecule has 0 bridgehead atoms. The van der Waals surface area contributed by atoms with Crippen LogP contribution in [0.1, 0.15) is 35.7 Å². The molecule has 0 atom stereocenters. The van der Waals surface area contributed by atoms with Crippen LogP contribution in [0.3, 0.4) is 0 Å². The van der Waals surface area contributed by atoms with Crippen LogP contribution in [0.2, 0.25) is 0 Å². The molecule has 138 valence electrons. The van der Waals surface area contributed by atoms with Crippen molar-refractivity contribution in [1.82, 2.24) is 14.0 Å². The number of rotatable bonds is 5. The van der Waals surface area contributed by atoms with Crippen molar-refractivity contribution in [3.63, 3.8) is 0 Å². The van der Waals surface area contributed by atoms with Crippen molar-refractivity contribution in [2.75, 3.05) is 0 Å². The van der Waals surface area contributed by atoms with E-state index in [0.717, 1.165) is 27.4 Å².